The van der Waals surface area contributed by atoms with Gasteiger partial charge in [0, 0.05) is 14.2 Å². The molecule has 0 fully saturated rings. The van der Waals surface area contributed by atoms with Gasteiger partial charge in [-0.2, -0.15) is 0 Å². The lowest BCUT2D eigenvalue weighted by Crippen LogP contribution is -1.98. The molecule has 60 valence electrons. The minimum Gasteiger partial charge on any atom is -0.499 e. The SMILES string of the molecule is COCC=C(COC)OC. The first-order valence-corrected chi connectivity index (χ1v) is 3.06. The summed E-state index contributed by atoms with van der Waals surface area (Å²) in [6, 6.07) is 0. The van der Waals surface area contributed by atoms with Crippen molar-refractivity contribution >= 4 is 0 Å². The van der Waals surface area contributed by atoms with Gasteiger partial charge in [0.1, 0.15) is 12.4 Å². The Kier molecular flexibility index (Phi) is 6.22. The predicted octanol–water partition coefficient (Wildman–Crippen LogP) is 0.809. The van der Waals surface area contributed by atoms with E-state index in [4.69, 9.17) is 14.2 Å². The Morgan fingerprint density at radius 1 is 1.20 bits per heavy atom. The zero-order valence-corrected chi connectivity index (χ0v) is 6.72. The van der Waals surface area contributed by atoms with Crippen LogP contribution in [-0.2, 0) is 14.2 Å². The molecule has 0 heterocycles. The second-order valence-electron chi connectivity index (χ2n) is 1.76. The van der Waals surface area contributed by atoms with E-state index in [0.29, 0.717) is 13.2 Å². The minimum absolute atomic E-state index is 0.500. The lowest BCUT2D eigenvalue weighted by Gasteiger charge is -2.03. The van der Waals surface area contributed by atoms with Crippen LogP contribution in [0.3, 0.4) is 0 Å². The fraction of sp³-hybridized carbons (Fsp3) is 0.714. The molecule has 0 aliphatic carbocycles. The fourth-order valence-corrected chi connectivity index (χ4v) is 0.520. The lowest BCUT2D eigenvalue weighted by molar-refractivity contribution is 0.153. The highest BCUT2D eigenvalue weighted by Crippen LogP contribution is 1.94. The third-order valence-corrected chi connectivity index (χ3v) is 1.03. The summed E-state index contributed by atoms with van der Waals surface area (Å²) in [4.78, 5) is 0. The number of methoxy groups -OCH3 is 3. The topological polar surface area (TPSA) is 27.7 Å². The molecule has 0 atom stereocenters. The van der Waals surface area contributed by atoms with E-state index in [-0.39, 0.29) is 0 Å². The Morgan fingerprint density at radius 3 is 2.30 bits per heavy atom. The molecular weight excluding hydrogens is 132 g/mol. The van der Waals surface area contributed by atoms with Gasteiger partial charge in [-0.05, 0) is 6.08 Å². The predicted molar refractivity (Wildman–Crippen MR) is 38.8 cm³/mol. The fourth-order valence-electron chi connectivity index (χ4n) is 0.520. The number of hydrogen-bond donors (Lipinski definition) is 0. The van der Waals surface area contributed by atoms with Crippen LogP contribution in [-0.4, -0.2) is 34.5 Å². The van der Waals surface area contributed by atoms with Crippen LogP contribution in [0.5, 0.6) is 0 Å². The molecular formula is C7H14O3. The molecule has 0 unspecified atom stereocenters. The molecule has 0 rings (SSSR count). The standard InChI is InChI=1S/C7H14O3/c1-8-5-4-7(10-3)6-9-2/h4H,5-6H2,1-3H3. The van der Waals surface area contributed by atoms with E-state index < -0.39 is 0 Å². The van der Waals surface area contributed by atoms with Gasteiger partial charge in [-0.15, -0.1) is 0 Å². The highest BCUT2D eigenvalue weighted by atomic mass is 16.5. The third-order valence-electron chi connectivity index (χ3n) is 1.03. The second kappa shape index (κ2) is 6.58. The van der Waals surface area contributed by atoms with Crippen molar-refractivity contribution < 1.29 is 14.2 Å². The van der Waals surface area contributed by atoms with E-state index in [2.05, 4.69) is 0 Å². The molecule has 0 saturated heterocycles. The van der Waals surface area contributed by atoms with Crippen LogP contribution in [0.2, 0.25) is 0 Å². The van der Waals surface area contributed by atoms with Gasteiger partial charge in [-0.1, -0.05) is 0 Å². The second-order valence-corrected chi connectivity index (χ2v) is 1.76. The molecule has 10 heavy (non-hydrogen) atoms. The molecule has 0 aromatic rings. The van der Waals surface area contributed by atoms with Crippen molar-refractivity contribution in [3.05, 3.63) is 11.8 Å². The molecule has 0 amide bonds. The minimum atomic E-state index is 0.500. The van der Waals surface area contributed by atoms with Crippen LogP contribution in [0.25, 0.3) is 0 Å². The molecule has 0 aliphatic heterocycles. The van der Waals surface area contributed by atoms with Crippen molar-refractivity contribution in [3.8, 4) is 0 Å². The first-order valence-electron chi connectivity index (χ1n) is 3.06. The molecule has 0 aromatic carbocycles. The Hall–Kier alpha value is -0.540. The van der Waals surface area contributed by atoms with Crippen molar-refractivity contribution in [1.82, 2.24) is 0 Å². The summed E-state index contributed by atoms with van der Waals surface area (Å²) in [5, 5.41) is 0. The quantitative estimate of drug-likeness (QED) is 0.537. The number of rotatable bonds is 5. The van der Waals surface area contributed by atoms with Crippen molar-refractivity contribution in [2.45, 2.75) is 0 Å². The Bertz CT molecular complexity index is 99.0. The summed E-state index contributed by atoms with van der Waals surface area (Å²) in [6.07, 6.45) is 1.84. The van der Waals surface area contributed by atoms with Gasteiger partial charge < -0.3 is 14.2 Å². The maximum absolute atomic E-state index is 4.95. The Morgan fingerprint density at radius 2 is 1.90 bits per heavy atom. The van der Waals surface area contributed by atoms with Gasteiger partial charge in [0.15, 0.2) is 0 Å². The monoisotopic (exact) mass is 146 g/mol. The van der Waals surface area contributed by atoms with E-state index >= 15 is 0 Å². The van der Waals surface area contributed by atoms with E-state index in [9.17, 15) is 0 Å². The molecule has 0 bridgehead atoms. The van der Waals surface area contributed by atoms with Gasteiger partial charge in [-0.3, -0.25) is 0 Å². The lowest BCUT2D eigenvalue weighted by atomic mass is 10.5. The maximum Gasteiger partial charge on any atom is 0.119 e. The maximum atomic E-state index is 4.95. The highest BCUT2D eigenvalue weighted by molar-refractivity contribution is 4.92. The zero-order chi connectivity index (χ0) is 7.82. The average Bonchev–Trinajstić information content (AvgIpc) is 1.98. The Labute approximate surface area is 61.6 Å². The van der Waals surface area contributed by atoms with Crippen molar-refractivity contribution in [2.24, 2.45) is 0 Å². The van der Waals surface area contributed by atoms with Crippen LogP contribution >= 0.6 is 0 Å². The molecule has 0 aliphatic rings. The first-order chi connectivity index (χ1) is 4.85. The van der Waals surface area contributed by atoms with E-state index in [1.807, 2.05) is 6.08 Å². The highest BCUT2D eigenvalue weighted by Gasteiger charge is 1.91. The molecule has 0 radical (unpaired) electrons. The van der Waals surface area contributed by atoms with Gasteiger partial charge in [0.05, 0.1) is 13.7 Å². The van der Waals surface area contributed by atoms with Crippen LogP contribution in [0.4, 0.5) is 0 Å². The summed E-state index contributed by atoms with van der Waals surface area (Å²) in [5.74, 6) is 0.796. The number of hydrogen-bond acceptors (Lipinski definition) is 3. The number of ether oxygens (including phenoxy) is 3. The van der Waals surface area contributed by atoms with Gasteiger partial charge >= 0.3 is 0 Å². The van der Waals surface area contributed by atoms with Crippen LogP contribution < -0.4 is 0 Å². The normalized spacial score (nSPS) is 11.7. The van der Waals surface area contributed by atoms with Crippen molar-refractivity contribution in [2.75, 3.05) is 34.5 Å². The summed E-state index contributed by atoms with van der Waals surface area (Å²) in [7, 11) is 4.87. The molecule has 0 aromatic heterocycles. The molecule has 3 nitrogen and oxygen atoms in total. The molecule has 0 N–H and O–H groups in total. The summed E-state index contributed by atoms with van der Waals surface area (Å²) < 4.78 is 14.6. The smallest absolute Gasteiger partial charge is 0.119 e. The Balaban J connectivity index is 3.55. The van der Waals surface area contributed by atoms with E-state index in [0.717, 1.165) is 5.76 Å². The molecule has 0 spiro atoms. The summed E-state index contributed by atoms with van der Waals surface area (Å²) >= 11 is 0. The summed E-state index contributed by atoms with van der Waals surface area (Å²) in [6.45, 7) is 1.06. The van der Waals surface area contributed by atoms with Gasteiger partial charge in [0.2, 0.25) is 0 Å². The van der Waals surface area contributed by atoms with Crippen LogP contribution in [0, 0.1) is 0 Å². The summed E-state index contributed by atoms with van der Waals surface area (Å²) in [5.41, 5.74) is 0. The van der Waals surface area contributed by atoms with Crippen molar-refractivity contribution in [1.29, 1.82) is 0 Å². The van der Waals surface area contributed by atoms with Gasteiger partial charge in [-0.25, -0.2) is 0 Å². The zero-order valence-electron chi connectivity index (χ0n) is 6.72. The van der Waals surface area contributed by atoms with E-state index in [1.54, 1.807) is 21.3 Å². The van der Waals surface area contributed by atoms with Gasteiger partial charge in [0.25, 0.3) is 0 Å². The van der Waals surface area contributed by atoms with Crippen LogP contribution in [0.1, 0.15) is 0 Å². The largest absolute Gasteiger partial charge is 0.499 e. The first kappa shape index (κ1) is 9.46. The molecule has 0 saturated carbocycles. The average molecular weight is 146 g/mol. The van der Waals surface area contributed by atoms with Crippen molar-refractivity contribution in [3.63, 3.8) is 0 Å². The molecule has 3 heteroatoms. The van der Waals surface area contributed by atoms with Crippen LogP contribution in [0.15, 0.2) is 11.8 Å². The third kappa shape index (κ3) is 4.35. The van der Waals surface area contributed by atoms with E-state index in [1.165, 1.54) is 0 Å².